The molecule has 168 valence electrons. The van der Waals surface area contributed by atoms with Crippen LogP contribution in [-0.2, 0) is 16.0 Å². The van der Waals surface area contributed by atoms with Crippen LogP contribution in [-0.4, -0.2) is 43.6 Å². The van der Waals surface area contributed by atoms with Crippen LogP contribution in [0.2, 0.25) is 0 Å². The molecule has 2 aromatic rings. The van der Waals surface area contributed by atoms with Crippen molar-refractivity contribution in [1.29, 1.82) is 0 Å². The Bertz CT molecular complexity index is 945. The number of nitrogens with zero attached hydrogens (tertiary/aromatic N) is 4. The molecule has 8 nitrogen and oxygen atoms in total. The summed E-state index contributed by atoms with van der Waals surface area (Å²) >= 11 is 0. The Morgan fingerprint density at radius 2 is 1.81 bits per heavy atom. The van der Waals surface area contributed by atoms with Gasteiger partial charge in [0.15, 0.2) is 0 Å². The Morgan fingerprint density at radius 1 is 1.13 bits per heavy atom. The fourth-order valence-corrected chi connectivity index (χ4v) is 4.33. The number of aryl methyl sites for hydroxylation is 3. The average Bonchev–Trinajstić information content (AvgIpc) is 2.95. The van der Waals surface area contributed by atoms with Gasteiger partial charge >= 0.3 is 0 Å². The van der Waals surface area contributed by atoms with E-state index in [0.717, 1.165) is 47.6 Å². The van der Waals surface area contributed by atoms with Crippen LogP contribution in [0, 0.1) is 33.6 Å². The molecule has 0 spiro atoms. The zero-order valence-corrected chi connectivity index (χ0v) is 19.5. The van der Waals surface area contributed by atoms with Crippen molar-refractivity contribution in [2.45, 2.75) is 85.7 Å². The summed E-state index contributed by atoms with van der Waals surface area (Å²) in [6, 6.07) is 2.08. The fraction of sp³-hybridized carbons (Fsp3) is 0.609. The molecule has 2 atom stereocenters. The maximum atomic E-state index is 12.8. The average molecular weight is 427 g/mol. The van der Waals surface area contributed by atoms with Gasteiger partial charge in [0.2, 0.25) is 11.8 Å². The van der Waals surface area contributed by atoms with Gasteiger partial charge in [-0.05, 0) is 66.9 Å². The van der Waals surface area contributed by atoms with E-state index in [2.05, 4.69) is 25.7 Å². The first-order valence-electron chi connectivity index (χ1n) is 11.1. The normalized spacial score (nSPS) is 18.8. The second kappa shape index (κ2) is 9.58. The first kappa shape index (κ1) is 22.9. The Labute approximate surface area is 184 Å². The zero-order valence-electron chi connectivity index (χ0n) is 19.5. The predicted octanol–water partition coefficient (Wildman–Crippen LogP) is 2.64. The first-order chi connectivity index (χ1) is 14.6. The third-order valence-corrected chi connectivity index (χ3v) is 5.78. The highest BCUT2D eigenvalue weighted by Gasteiger charge is 2.29. The molecule has 0 aliphatic heterocycles. The molecule has 2 amide bonds. The highest BCUT2D eigenvalue weighted by atomic mass is 16.2. The number of carbonyl (C=O) groups excluding carboxylic acids is 2. The van der Waals surface area contributed by atoms with Gasteiger partial charge in [-0.3, -0.25) is 9.59 Å². The van der Waals surface area contributed by atoms with Crippen LogP contribution in [0.3, 0.4) is 0 Å². The molecular weight excluding hydrogens is 392 g/mol. The van der Waals surface area contributed by atoms with Gasteiger partial charge in [0.05, 0.1) is 12.1 Å². The number of rotatable bonds is 6. The summed E-state index contributed by atoms with van der Waals surface area (Å²) < 4.78 is 1.71. The number of carbonyl (C=O) groups is 2. The Morgan fingerprint density at radius 3 is 2.45 bits per heavy atom. The van der Waals surface area contributed by atoms with Crippen LogP contribution in [0.4, 0.5) is 0 Å². The lowest BCUT2D eigenvalue weighted by Crippen LogP contribution is -2.44. The van der Waals surface area contributed by atoms with Crippen LogP contribution in [0.25, 0.3) is 5.95 Å². The summed E-state index contributed by atoms with van der Waals surface area (Å²) in [5, 5.41) is 10.7. The number of amides is 2. The lowest BCUT2D eigenvalue weighted by Gasteiger charge is -2.29. The molecule has 31 heavy (non-hydrogen) atoms. The van der Waals surface area contributed by atoms with E-state index in [9.17, 15) is 9.59 Å². The lowest BCUT2D eigenvalue weighted by molar-refractivity contribution is -0.128. The Kier molecular flexibility index (Phi) is 7.08. The van der Waals surface area contributed by atoms with Gasteiger partial charge in [0.25, 0.3) is 5.95 Å². The third kappa shape index (κ3) is 5.68. The summed E-state index contributed by atoms with van der Waals surface area (Å²) in [6.45, 7) is 11.6. The molecule has 0 radical (unpaired) electrons. The minimum Gasteiger partial charge on any atom is -0.354 e. The fourth-order valence-electron chi connectivity index (χ4n) is 4.33. The molecule has 0 bridgehead atoms. The Balaban J connectivity index is 1.67. The maximum Gasteiger partial charge on any atom is 0.251 e. The largest absolute Gasteiger partial charge is 0.354 e. The first-order valence-corrected chi connectivity index (χ1v) is 11.1. The summed E-state index contributed by atoms with van der Waals surface area (Å²) in [5.41, 5.74) is 4.32. The molecule has 1 aliphatic rings. The summed E-state index contributed by atoms with van der Waals surface area (Å²) in [4.78, 5) is 34.1. The van der Waals surface area contributed by atoms with Crippen LogP contribution in [0.5, 0.6) is 0 Å². The third-order valence-electron chi connectivity index (χ3n) is 5.78. The van der Waals surface area contributed by atoms with E-state index >= 15 is 0 Å². The van der Waals surface area contributed by atoms with Crippen molar-refractivity contribution in [3.8, 4) is 5.95 Å². The van der Waals surface area contributed by atoms with E-state index in [0.29, 0.717) is 12.4 Å². The van der Waals surface area contributed by atoms with Crippen LogP contribution >= 0.6 is 0 Å². The molecule has 2 heterocycles. The van der Waals surface area contributed by atoms with Crippen molar-refractivity contribution in [1.82, 2.24) is 30.4 Å². The molecule has 0 saturated heterocycles. The molecule has 2 unspecified atom stereocenters. The van der Waals surface area contributed by atoms with Crippen LogP contribution in [0.15, 0.2) is 6.07 Å². The number of aromatic nitrogens is 4. The molecule has 3 rings (SSSR count). The second-order valence-corrected chi connectivity index (χ2v) is 8.98. The van der Waals surface area contributed by atoms with Crippen molar-refractivity contribution in [2.24, 2.45) is 5.92 Å². The maximum absolute atomic E-state index is 12.8. The minimum absolute atomic E-state index is 0.0302. The van der Waals surface area contributed by atoms with Gasteiger partial charge in [0, 0.05) is 40.6 Å². The molecule has 0 aromatic carbocycles. The van der Waals surface area contributed by atoms with Crippen molar-refractivity contribution in [3.05, 3.63) is 34.4 Å². The topological polar surface area (TPSA) is 102 Å². The molecular formula is C23H34N6O2. The summed E-state index contributed by atoms with van der Waals surface area (Å²) in [5.74, 6) is 0.544. The summed E-state index contributed by atoms with van der Waals surface area (Å²) in [6.07, 6.45) is 3.68. The number of hydrogen-bond donors (Lipinski definition) is 2. The number of nitrogens with one attached hydrogen (secondary N) is 2. The van der Waals surface area contributed by atoms with Gasteiger partial charge in [-0.25, -0.2) is 14.6 Å². The molecule has 8 heteroatoms. The van der Waals surface area contributed by atoms with Crippen molar-refractivity contribution in [3.63, 3.8) is 0 Å². The monoisotopic (exact) mass is 426 g/mol. The van der Waals surface area contributed by atoms with Gasteiger partial charge in [-0.15, -0.1) is 0 Å². The standard InChI is InChI=1S/C23H34N6O2/c1-13(2)24-22(31)18-8-7-9-19(11-18)27-21(30)12-20-16(5)28-29(17(20)6)23-25-14(3)10-15(4)26-23/h10,13,18-19H,7-9,11-12H2,1-6H3,(H,24,31)(H,27,30). The van der Waals surface area contributed by atoms with Crippen LogP contribution < -0.4 is 10.6 Å². The zero-order chi connectivity index (χ0) is 22.7. The van der Waals surface area contributed by atoms with Crippen LogP contribution in [0.1, 0.15) is 67.9 Å². The van der Waals surface area contributed by atoms with Gasteiger partial charge < -0.3 is 10.6 Å². The van der Waals surface area contributed by atoms with E-state index in [1.807, 2.05) is 47.6 Å². The van der Waals surface area contributed by atoms with Gasteiger partial charge in [-0.2, -0.15) is 5.10 Å². The second-order valence-electron chi connectivity index (χ2n) is 8.98. The van der Waals surface area contributed by atoms with Gasteiger partial charge in [-0.1, -0.05) is 6.42 Å². The van der Waals surface area contributed by atoms with E-state index in [1.165, 1.54) is 0 Å². The Hall–Kier alpha value is -2.77. The van der Waals surface area contributed by atoms with Crippen molar-refractivity contribution in [2.75, 3.05) is 0 Å². The predicted molar refractivity (Wildman–Crippen MR) is 119 cm³/mol. The lowest BCUT2D eigenvalue weighted by atomic mass is 9.85. The quantitative estimate of drug-likeness (QED) is 0.739. The summed E-state index contributed by atoms with van der Waals surface area (Å²) in [7, 11) is 0. The van der Waals surface area contributed by atoms with Crippen molar-refractivity contribution >= 4 is 11.8 Å². The minimum atomic E-state index is -0.0398. The molecule has 2 N–H and O–H groups in total. The smallest absolute Gasteiger partial charge is 0.251 e. The van der Waals surface area contributed by atoms with E-state index in [4.69, 9.17) is 0 Å². The molecule has 1 fully saturated rings. The van der Waals surface area contributed by atoms with E-state index < -0.39 is 0 Å². The number of hydrogen-bond acceptors (Lipinski definition) is 5. The van der Waals surface area contributed by atoms with Gasteiger partial charge in [0.1, 0.15) is 0 Å². The van der Waals surface area contributed by atoms with Crippen molar-refractivity contribution < 1.29 is 9.59 Å². The van der Waals surface area contributed by atoms with E-state index in [-0.39, 0.29) is 36.2 Å². The molecule has 1 aliphatic carbocycles. The molecule has 2 aromatic heterocycles. The highest BCUT2D eigenvalue weighted by molar-refractivity contribution is 5.80. The highest BCUT2D eigenvalue weighted by Crippen LogP contribution is 2.25. The molecule has 1 saturated carbocycles. The van der Waals surface area contributed by atoms with E-state index in [1.54, 1.807) is 4.68 Å². The SMILES string of the molecule is Cc1cc(C)nc(-n2nc(C)c(CC(=O)NC3CCCC(C(=O)NC(C)C)C3)c2C)n1.